The van der Waals surface area contributed by atoms with Crippen LogP contribution in [-0.4, -0.2) is 49.1 Å². The molecule has 0 amide bonds. The van der Waals surface area contributed by atoms with Crippen molar-refractivity contribution in [2.45, 2.75) is 106 Å². The Morgan fingerprint density at radius 3 is 1.19 bits per heavy atom. The first-order valence-corrected chi connectivity index (χ1v) is 12.0. The van der Waals surface area contributed by atoms with Crippen LogP contribution in [0.15, 0.2) is 0 Å². The van der Waals surface area contributed by atoms with Gasteiger partial charge in [-0.15, -0.1) is 0 Å². The molecule has 0 bridgehead atoms. The van der Waals surface area contributed by atoms with Gasteiger partial charge in [0.1, 0.15) is 0 Å². The number of nitrogens with zero attached hydrogens (tertiary/aromatic N) is 2. The highest BCUT2D eigenvalue weighted by molar-refractivity contribution is 4.90. The Morgan fingerprint density at radius 1 is 0.556 bits per heavy atom. The van der Waals surface area contributed by atoms with E-state index in [2.05, 4.69) is 51.3 Å². The summed E-state index contributed by atoms with van der Waals surface area (Å²) in [6.45, 7) is 22.3. The van der Waals surface area contributed by atoms with Crippen molar-refractivity contribution >= 4 is 0 Å². The van der Waals surface area contributed by atoms with Crippen LogP contribution in [0.2, 0.25) is 0 Å². The molecular weight excluding hydrogens is 328 g/mol. The number of likely N-dealkylation sites (tertiary alicyclic amines) is 2. The zero-order valence-corrected chi connectivity index (χ0v) is 19.7. The summed E-state index contributed by atoms with van der Waals surface area (Å²) in [7, 11) is 0. The Balaban J connectivity index is 1.57. The lowest BCUT2D eigenvalue weighted by Gasteiger charge is -2.47. The highest BCUT2D eigenvalue weighted by atomic mass is 15.1. The third-order valence-electron chi connectivity index (χ3n) is 7.14. The molecule has 2 aliphatic rings. The van der Waals surface area contributed by atoms with Gasteiger partial charge in [-0.1, -0.05) is 54.4 Å². The summed E-state index contributed by atoms with van der Waals surface area (Å²) < 4.78 is 0. The van der Waals surface area contributed by atoms with Crippen molar-refractivity contribution in [2.24, 2.45) is 16.2 Å². The van der Waals surface area contributed by atoms with Gasteiger partial charge in [-0.3, -0.25) is 0 Å². The van der Waals surface area contributed by atoms with Gasteiger partial charge in [0, 0.05) is 0 Å². The molecule has 2 saturated heterocycles. The molecule has 2 heterocycles. The van der Waals surface area contributed by atoms with E-state index in [-0.39, 0.29) is 0 Å². The molecule has 0 unspecified atom stereocenters. The van der Waals surface area contributed by atoms with Gasteiger partial charge in [0.05, 0.1) is 0 Å². The molecule has 0 N–H and O–H groups in total. The molecule has 0 aromatic rings. The van der Waals surface area contributed by atoms with Gasteiger partial charge >= 0.3 is 0 Å². The van der Waals surface area contributed by atoms with Crippen molar-refractivity contribution in [2.75, 3.05) is 39.3 Å². The van der Waals surface area contributed by atoms with Crippen LogP contribution in [0.25, 0.3) is 0 Å². The van der Waals surface area contributed by atoms with E-state index in [0.717, 1.165) is 0 Å². The first kappa shape index (κ1) is 23.2. The quantitative estimate of drug-likeness (QED) is 0.439. The molecule has 2 rings (SSSR count). The second kappa shape index (κ2) is 10.1. The zero-order chi connectivity index (χ0) is 20.0. The van der Waals surface area contributed by atoms with Crippen LogP contribution < -0.4 is 0 Å². The van der Waals surface area contributed by atoms with E-state index in [1.54, 1.807) is 0 Å². The van der Waals surface area contributed by atoms with Crippen LogP contribution in [0.1, 0.15) is 106 Å². The van der Waals surface area contributed by atoms with E-state index in [4.69, 9.17) is 0 Å². The van der Waals surface area contributed by atoms with E-state index in [0.29, 0.717) is 16.2 Å². The molecule has 0 radical (unpaired) electrons. The van der Waals surface area contributed by atoms with E-state index < -0.39 is 0 Å². The van der Waals surface area contributed by atoms with Crippen molar-refractivity contribution in [3.8, 4) is 0 Å². The van der Waals surface area contributed by atoms with Gasteiger partial charge in [0.25, 0.3) is 0 Å². The number of unbranched alkanes of at least 4 members (excludes halogenated alkanes) is 2. The van der Waals surface area contributed by atoms with Crippen LogP contribution in [0.4, 0.5) is 0 Å². The minimum absolute atomic E-state index is 0.507. The first-order chi connectivity index (χ1) is 12.6. The molecule has 0 aliphatic carbocycles. The molecule has 2 heteroatoms. The second-order valence-corrected chi connectivity index (χ2v) is 12.2. The Kier molecular flexibility index (Phi) is 8.68. The summed E-state index contributed by atoms with van der Waals surface area (Å²) >= 11 is 0. The number of hydrogen-bond acceptors (Lipinski definition) is 2. The lowest BCUT2D eigenvalue weighted by atomic mass is 9.71. The average Bonchev–Trinajstić information content (AvgIpc) is 2.57. The summed E-state index contributed by atoms with van der Waals surface area (Å²) in [6.07, 6.45) is 14.2. The van der Waals surface area contributed by atoms with Crippen LogP contribution in [0.3, 0.4) is 0 Å². The maximum atomic E-state index is 2.76. The average molecular weight is 379 g/mol. The molecule has 2 nitrogen and oxygen atoms in total. The van der Waals surface area contributed by atoms with E-state index in [1.165, 1.54) is 103 Å². The van der Waals surface area contributed by atoms with Gasteiger partial charge in [0.15, 0.2) is 0 Å². The summed E-state index contributed by atoms with van der Waals surface area (Å²) in [6, 6.07) is 0. The van der Waals surface area contributed by atoms with Crippen molar-refractivity contribution in [1.82, 2.24) is 9.80 Å². The normalized spacial score (nSPS) is 22.4. The van der Waals surface area contributed by atoms with Gasteiger partial charge in [-0.05, 0) is 107 Å². The molecule has 2 fully saturated rings. The van der Waals surface area contributed by atoms with Crippen LogP contribution >= 0.6 is 0 Å². The molecule has 27 heavy (non-hydrogen) atoms. The fourth-order valence-corrected chi connectivity index (χ4v) is 4.98. The van der Waals surface area contributed by atoms with Gasteiger partial charge in [-0.25, -0.2) is 0 Å². The molecule has 0 aromatic carbocycles. The van der Waals surface area contributed by atoms with Gasteiger partial charge in [-0.2, -0.15) is 0 Å². The Bertz CT molecular complexity index is 356. The van der Waals surface area contributed by atoms with Crippen LogP contribution in [0, 0.1) is 16.2 Å². The van der Waals surface area contributed by atoms with Crippen LogP contribution in [0.5, 0.6) is 0 Å². The highest BCUT2D eigenvalue weighted by Crippen LogP contribution is 2.41. The monoisotopic (exact) mass is 378 g/mol. The fourth-order valence-electron chi connectivity index (χ4n) is 4.98. The largest absolute Gasteiger partial charge is 0.303 e. The Morgan fingerprint density at radius 2 is 0.889 bits per heavy atom. The minimum atomic E-state index is 0.507. The molecule has 1 spiro atoms. The third-order valence-corrected chi connectivity index (χ3v) is 7.14. The van der Waals surface area contributed by atoms with Crippen molar-refractivity contribution in [3.63, 3.8) is 0 Å². The molecule has 0 atom stereocenters. The maximum Gasteiger partial charge on any atom is -0.00134 e. The number of piperidine rings is 2. The van der Waals surface area contributed by atoms with E-state index in [9.17, 15) is 0 Å². The van der Waals surface area contributed by atoms with Crippen LogP contribution in [-0.2, 0) is 0 Å². The number of hydrogen-bond donors (Lipinski definition) is 0. The molecule has 0 saturated carbocycles. The molecule has 2 aliphatic heterocycles. The van der Waals surface area contributed by atoms with Gasteiger partial charge < -0.3 is 9.80 Å². The van der Waals surface area contributed by atoms with Gasteiger partial charge in [0.2, 0.25) is 0 Å². The number of rotatable bonds is 8. The maximum absolute atomic E-state index is 2.76. The first-order valence-electron chi connectivity index (χ1n) is 12.0. The Hall–Kier alpha value is -0.0800. The summed E-state index contributed by atoms with van der Waals surface area (Å²) in [4.78, 5) is 5.51. The molecule has 160 valence electrons. The summed E-state index contributed by atoms with van der Waals surface area (Å²) in [5, 5.41) is 0. The zero-order valence-electron chi connectivity index (χ0n) is 19.7. The van der Waals surface area contributed by atoms with Crippen molar-refractivity contribution in [1.29, 1.82) is 0 Å². The summed E-state index contributed by atoms with van der Waals surface area (Å²) in [5.41, 5.74) is 1.71. The topological polar surface area (TPSA) is 6.48 Å². The standard InChI is InChI=1S/C25H50N2/c1-23(2,3)11-7-9-17-26-19-13-25(14-20-26)15-21-27(22-16-25)18-10-8-12-24(4,5)6/h7-22H2,1-6H3. The van der Waals surface area contributed by atoms with E-state index >= 15 is 0 Å². The predicted molar refractivity (Wildman–Crippen MR) is 120 cm³/mol. The lowest BCUT2D eigenvalue weighted by Crippen LogP contribution is -2.47. The predicted octanol–water partition coefficient (Wildman–Crippen LogP) is 6.60. The fraction of sp³-hybridized carbons (Fsp3) is 1.00. The highest BCUT2D eigenvalue weighted by Gasteiger charge is 2.37. The Labute approximate surface area is 171 Å². The molecular formula is C25H50N2. The van der Waals surface area contributed by atoms with Crippen molar-refractivity contribution < 1.29 is 0 Å². The minimum Gasteiger partial charge on any atom is -0.303 e. The second-order valence-electron chi connectivity index (χ2n) is 12.2. The van der Waals surface area contributed by atoms with E-state index in [1.807, 2.05) is 0 Å². The summed E-state index contributed by atoms with van der Waals surface area (Å²) in [5.74, 6) is 0. The smallest absolute Gasteiger partial charge is 0.00134 e. The molecule has 0 aromatic heterocycles. The SMILES string of the molecule is CC(C)(C)CCCCN1CCC2(CC1)CCN(CCCCC(C)(C)C)CC2. The lowest BCUT2D eigenvalue weighted by molar-refractivity contribution is 0.0336. The van der Waals surface area contributed by atoms with Crippen molar-refractivity contribution in [3.05, 3.63) is 0 Å². The third kappa shape index (κ3) is 9.31.